The number of hydrogen-bond acceptors (Lipinski definition) is 2. The molecule has 0 saturated carbocycles. The molecule has 2 heteroatoms. The molecule has 0 aliphatic carbocycles. The van der Waals surface area contributed by atoms with Gasteiger partial charge in [0, 0.05) is 32.2 Å². The molecule has 1 aliphatic heterocycles. The molecule has 0 radical (unpaired) electrons. The largest absolute Gasteiger partial charge is 0.314 e. The summed E-state index contributed by atoms with van der Waals surface area (Å²) in [6.45, 7) is 6.58. The number of rotatable bonds is 4. The maximum absolute atomic E-state index is 3.54. The summed E-state index contributed by atoms with van der Waals surface area (Å²) in [7, 11) is 0. The molecule has 21 heavy (non-hydrogen) atoms. The van der Waals surface area contributed by atoms with Crippen molar-refractivity contribution in [3.8, 4) is 0 Å². The van der Waals surface area contributed by atoms with Gasteiger partial charge in [0.1, 0.15) is 0 Å². The third kappa shape index (κ3) is 3.72. The van der Waals surface area contributed by atoms with Gasteiger partial charge in [-0.2, -0.15) is 0 Å². The van der Waals surface area contributed by atoms with E-state index in [9.17, 15) is 0 Å². The summed E-state index contributed by atoms with van der Waals surface area (Å²) in [5, 5.41) is 3.54. The lowest BCUT2D eigenvalue weighted by atomic mass is 10.0. The molecular weight excluding hydrogens is 256 g/mol. The van der Waals surface area contributed by atoms with Gasteiger partial charge in [0.25, 0.3) is 0 Å². The normalized spacial score (nSPS) is 19.6. The number of nitrogens with zero attached hydrogens (tertiary/aromatic N) is 1. The maximum atomic E-state index is 3.54. The lowest BCUT2D eigenvalue weighted by Gasteiger charge is -2.36. The molecule has 1 saturated heterocycles. The lowest BCUT2D eigenvalue weighted by Crippen LogP contribution is -2.51. The summed E-state index contributed by atoms with van der Waals surface area (Å²) in [6, 6.07) is 20.2. The van der Waals surface area contributed by atoms with Crippen molar-refractivity contribution in [2.24, 2.45) is 0 Å². The highest BCUT2D eigenvalue weighted by atomic mass is 15.2. The highest BCUT2D eigenvalue weighted by molar-refractivity contribution is 5.25. The Balaban J connectivity index is 1.71. The van der Waals surface area contributed by atoms with Crippen molar-refractivity contribution >= 4 is 0 Å². The molecule has 1 unspecified atom stereocenters. The first-order chi connectivity index (χ1) is 10.3. The Morgan fingerprint density at radius 1 is 1.05 bits per heavy atom. The molecule has 2 nitrogen and oxygen atoms in total. The second kappa shape index (κ2) is 6.88. The Morgan fingerprint density at radius 2 is 1.81 bits per heavy atom. The minimum absolute atomic E-state index is 0.584. The van der Waals surface area contributed by atoms with E-state index in [4.69, 9.17) is 0 Å². The van der Waals surface area contributed by atoms with Crippen LogP contribution in [0.4, 0.5) is 0 Å². The molecule has 110 valence electrons. The van der Waals surface area contributed by atoms with E-state index in [0.717, 1.165) is 32.6 Å². The van der Waals surface area contributed by atoms with E-state index in [1.807, 2.05) is 0 Å². The van der Waals surface area contributed by atoms with Crippen LogP contribution in [0.15, 0.2) is 54.6 Å². The van der Waals surface area contributed by atoms with Crippen LogP contribution in [-0.4, -0.2) is 30.6 Å². The zero-order chi connectivity index (χ0) is 14.5. The molecular formula is C19H24N2. The van der Waals surface area contributed by atoms with Gasteiger partial charge in [-0.25, -0.2) is 0 Å². The van der Waals surface area contributed by atoms with Gasteiger partial charge in [0.2, 0.25) is 0 Å². The summed E-state index contributed by atoms with van der Waals surface area (Å²) < 4.78 is 0. The monoisotopic (exact) mass is 280 g/mol. The smallest absolute Gasteiger partial charge is 0.0265 e. The number of aryl methyl sites for hydroxylation is 1. The standard InChI is InChI=1S/C19H24N2/c1-16-7-5-6-10-18(16)15-21-12-11-20-14-19(21)13-17-8-3-2-4-9-17/h2-10,19-20H,11-15H2,1H3. The van der Waals surface area contributed by atoms with Crippen LogP contribution in [0, 0.1) is 6.92 Å². The Morgan fingerprint density at radius 3 is 2.62 bits per heavy atom. The van der Waals surface area contributed by atoms with E-state index in [1.54, 1.807) is 0 Å². The van der Waals surface area contributed by atoms with E-state index < -0.39 is 0 Å². The van der Waals surface area contributed by atoms with E-state index in [1.165, 1.54) is 16.7 Å². The van der Waals surface area contributed by atoms with Gasteiger partial charge in [-0.3, -0.25) is 4.90 Å². The molecule has 0 amide bonds. The van der Waals surface area contributed by atoms with E-state index in [2.05, 4.69) is 71.7 Å². The quantitative estimate of drug-likeness (QED) is 0.926. The summed E-state index contributed by atoms with van der Waals surface area (Å²) >= 11 is 0. The second-order valence-corrected chi connectivity index (χ2v) is 5.94. The van der Waals surface area contributed by atoms with Crippen LogP contribution >= 0.6 is 0 Å². The Hall–Kier alpha value is -1.64. The molecule has 1 atom stereocenters. The highest BCUT2D eigenvalue weighted by Crippen LogP contribution is 2.16. The van der Waals surface area contributed by atoms with Crippen molar-refractivity contribution < 1.29 is 0 Å². The third-order valence-electron chi connectivity index (χ3n) is 4.42. The first-order valence-corrected chi connectivity index (χ1v) is 7.86. The SMILES string of the molecule is Cc1ccccc1CN1CCNCC1Cc1ccccc1. The molecule has 2 aromatic carbocycles. The molecule has 1 aliphatic rings. The van der Waals surface area contributed by atoms with Crippen LogP contribution in [0.3, 0.4) is 0 Å². The van der Waals surface area contributed by atoms with Crippen molar-refractivity contribution in [2.75, 3.05) is 19.6 Å². The Bertz CT molecular complexity index is 565. The summed E-state index contributed by atoms with van der Waals surface area (Å²) in [6.07, 6.45) is 1.12. The van der Waals surface area contributed by atoms with Gasteiger partial charge in [0.15, 0.2) is 0 Å². The molecule has 0 spiro atoms. The zero-order valence-electron chi connectivity index (χ0n) is 12.8. The molecule has 0 aromatic heterocycles. The van der Waals surface area contributed by atoms with Gasteiger partial charge in [-0.05, 0) is 30.0 Å². The van der Waals surface area contributed by atoms with Gasteiger partial charge in [0.05, 0.1) is 0 Å². The van der Waals surface area contributed by atoms with Crippen LogP contribution < -0.4 is 5.32 Å². The fourth-order valence-corrected chi connectivity index (χ4v) is 3.10. The molecule has 1 heterocycles. The molecule has 3 rings (SSSR count). The molecule has 2 aromatic rings. The van der Waals surface area contributed by atoms with Crippen molar-refractivity contribution in [1.82, 2.24) is 10.2 Å². The van der Waals surface area contributed by atoms with Crippen LogP contribution in [0.2, 0.25) is 0 Å². The van der Waals surface area contributed by atoms with Crippen LogP contribution in [0.1, 0.15) is 16.7 Å². The average molecular weight is 280 g/mol. The number of hydrogen-bond donors (Lipinski definition) is 1. The highest BCUT2D eigenvalue weighted by Gasteiger charge is 2.22. The molecule has 1 N–H and O–H groups in total. The number of nitrogens with one attached hydrogen (secondary N) is 1. The average Bonchev–Trinajstić information content (AvgIpc) is 2.52. The number of benzene rings is 2. The van der Waals surface area contributed by atoms with Crippen LogP contribution in [0.25, 0.3) is 0 Å². The van der Waals surface area contributed by atoms with Gasteiger partial charge < -0.3 is 5.32 Å². The van der Waals surface area contributed by atoms with Gasteiger partial charge in [-0.1, -0.05) is 54.6 Å². The minimum Gasteiger partial charge on any atom is -0.314 e. The van der Waals surface area contributed by atoms with Crippen LogP contribution in [-0.2, 0) is 13.0 Å². The topological polar surface area (TPSA) is 15.3 Å². The number of piperazine rings is 1. The summed E-state index contributed by atoms with van der Waals surface area (Å²) in [5.41, 5.74) is 4.29. The fourth-order valence-electron chi connectivity index (χ4n) is 3.10. The Labute approximate surface area is 127 Å². The lowest BCUT2D eigenvalue weighted by molar-refractivity contribution is 0.152. The predicted molar refractivity (Wildman–Crippen MR) is 88.4 cm³/mol. The van der Waals surface area contributed by atoms with Crippen molar-refractivity contribution in [3.05, 3.63) is 71.3 Å². The predicted octanol–water partition coefficient (Wildman–Crippen LogP) is 3.01. The summed E-state index contributed by atoms with van der Waals surface area (Å²) in [5.74, 6) is 0. The van der Waals surface area contributed by atoms with Crippen LogP contribution in [0.5, 0.6) is 0 Å². The second-order valence-electron chi connectivity index (χ2n) is 5.94. The fraction of sp³-hybridized carbons (Fsp3) is 0.368. The third-order valence-corrected chi connectivity index (χ3v) is 4.42. The van der Waals surface area contributed by atoms with Crippen molar-refractivity contribution in [2.45, 2.75) is 25.9 Å². The summed E-state index contributed by atoms with van der Waals surface area (Å²) in [4.78, 5) is 2.63. The van der Waals surface area contributed by atoms with Crippen molar-refractivity contribution in [3.63, 3.8) is 0 Å². The van der Waals surface area contributed by atoms with E-state index >= 15 is 0 Å². The Kier molecular flexibility index (Phi) is 4.69. The first-order valence-electron chi connectivity index (χ1n) is 7.86. The van der Waals surface area contributed by atoms with E-state index in [-0.39, 0.29) is 0 Å². The molecule has 1 fully saturated rings. The van der Waals surface area contributed by atoms with Gasteiger partial charge >= 0.3 is 0 Å². The van der Waals surface area contributed by atoms with E-state index in [0.29, 0.717) is 6.04 Å². The zero-order valence-corrected chi connectivity index (χ0v) is 12.8. The minimum atomic E-state index is 0.584. The first kappa shape index (κ1) is 14.3. The van der Waals surface area contributed by atoms with Gasteiger partial charge in [-0.15, -0.1) is 0 Å². The van der Waals surface area contributed by atoms with Crippen molar-refractivity contribution in [1.29, 1.82) is 0 Å². The molecule has 0 bridgehead atoms. The maximum Gasteiger partial charge on any atom is 0.0265 e.